The lowest BCUT2D eigenvalue weighted by Crippen LogP contribution is -2.14. The van der Waals surface area contributed by atoms with Crippen molar-refractivity contribution in [1.29, 1.82) is 0 Å². The summed E-state index contributed by atoms with van der Waals surface area (Å²) in [6, 6.07) is 0. The molecule has 1 heteroatoms. The Labute approximate surface area is 90.7 Å². The molecule has 0 fully saturated rings. The van der Waals surface area contributed by atoms with Gasteiger partial charge in [-0.05, 0) is 31.3 Å². The zero-order valence-corrected chi connectivity index (χ0v) is 10.6. The van der Waals surface area contributed by atoms with Gasteiger partial charge in [0.25, 0.3) is 0 Å². The van der Waals surface area contributed by atoms with Crippen LogP contribution < -0.4 is 5.32 Å². The van der Waals surface area contributed by atoms with E-state index in [0.29, 0.717) is 0 Å². The van der Waals surface area contributed by atoms with E-state index in [1.54, 1.807) is 0 Å². The molecule has 0 amide bonds. The number of nitrogens with one attached hydrogen (secondary N) is 1. The zero-order chi connectivity index (χ0) is 10.8. The predicted molar refractivity (Wildman–Crippen MR) is 65.6 cm³/mol. The highest BCUT2D eigenvalue weighted by Crippen LogP contribution is 2.20. The summed E-state index contributed by atoms with van der Waals surface area (Å²) in [6.07, 6.45) is 6.91. The Morgan fingerprint density at radius 1 is 0.929 bits per heavy atom. The minimum Gasteiger partial charge on any atom is -0.317 e. The summed E-state index contributed by atoms with van der Waals surface area (Å²) in [4.78, 5) is 0. The average molecular weight is 199 g/mol. The van der Waals surface area contributed by atoms with Crippen molar-refractivity contribution in [1.82, 2.24) is 5.32 Å². The van der Waals surface area contributed by atoms with E-state index in [1.165, 1.54) is 38.6 Å². The van der Waals surface area contributed by atoms with Crippen molar-refractivity contribution in [2.75, 3.05) is 13.1 Å². The second-order valence-electron chi connectivity index (χ2n) is 4.57. The molecule has 0 saturated heterocycles. The van der Waals surface area contributed by atoms with Crippen LogP contribution in [-0.2, 0) is 0 Å². The minimum absolute atomic E-state index is 0.906. The molecule has 0 aromatic heterocycles. The van der Waals surface area contributed by atoms with Crippen molar-refractivity contribution < 1.29 is 0 Å². The molecule has 0 aliphatic rings. The molecule has 0 aromatic carbocycles. The molecule has 86 valence electrons. The predicted octanol–water partition coefficient (Wildman–Crippen LogP) is 3.84. The fourth-order valence-electron chi connectivity index (χ4n) is 1.76. The van der Waals surface area contributed by atoms with Crippen LogP contribution in [0, 0.1) is 11.8 Å². The summed E-state index contributed by atoms with van der Waals surface area (Å²) in [7, 11) is 0. The SMILES string of the molecule is CCNCCCCCC(C)C(C)CC. The van der Waals surface area contributed by atoms with Gasteiger partial charge >= 0.3 is 0 Å². The smallest absolute Gasteiger partial charge is 0.00490 e. The van der Waals surface area contributed by atoms with Gasteiger partial charge in [-0.1, -0.05) is 53.4 Å². The molecule has 0 aliphatic carbocycles. The number of hydrogen-bond donors (Lipinski definition) is 1. The molecule has 0 spiro atoms. The molecule has 14 heavy (non-hydrogen) atoms. The molecule has 0 radical (unpaired) electrons. The van der Waals surface area contributed by atoms with E-state index >= 15 is 0 Å². The van der Waals surface area contributed by atoms with Crippen LogP contribution in [0.4, 0.5) is 0 Å². The van der Waals surface area contributed by atoms with Crippen molar-refractivity contribution in [3.8, 4) is 0 Å². The summed E-state index contributed by atoms with van der Waals surface area (Å²) in [6.45, 7) is 11.6. The third-order valence-electron chi connectivity index (χ3n) is 3.38. The van der Waals surface area contributed by atoms with Gasteiger partial charge in [-0.15, -0.1) is 0 Å². The summed E-state index contributed by atoms with van der Waals surface area (Å²) in [5.74, 6) is 1.82. The Hall–Kier alpha value is -0.0400. The fraction of sp³-hybridized carbons (Fsp3) is 1.00. The van der Waals surface area contributed by atoms with E-state index in [1.807, 2.05) is 0 Å². The maximum atomic E-state index is 3.37. The zero-order valence-electron chi connectivity index (χ0n) is 10.6. The molecule has 0 rings (SSSR count). The number of unbranched alkanes of at least 4 members (excludes halogenated alkanes) is 2. The van der Waals surface area contributed by atoms with Crippen molar-refractivity contribution in [2.24, 2.45) is 11.8 Å². The number of hydrogen-bond acceptors (Lipinski definition) is 1. The van der Waals surface area contributed by atoms with Gasteiger partial charge in [0.1, 0.15) is 0 Å². The first-order valence-corrected chi connectivity index (χ1v) is 6.43. The Kier molecular flexibility index (Phi) is 9.49. The van der Waals surface area contributed by atoms with Crippen LogP contribution in [0.3, 0.4) is 0 Å². The molecule has 0 heterocycles. The molecule has 0 saturated carbocycles. The topological polar surface area (TPSA) is 12.0 Å². The maximum absolute atomic E-state index is 3.37. The van der Waals surface area contributed by atoms with Gasteiger partial charge in [-0.25, -0.2) is 0 Å². The number of rotatable bonds is 9. The Balaban J connectivity index is 3.18. The summed E-state index contributed by atoms with van der Waals surface area (Å²) < 4.78 is 0. The van der Waals surface area contributed by atoms with Crippen molar-refractivity contribution in [2.45, 2.75) is 59.8 Å². The van der Waals surface area contributed by atoms with Crippen LogP contribution in [0.1, 0.15) is 59.8 Å². The highest BCUT2D eigenvalue weighted by Gasteiger charge is 2.08. The minimum atomic E-state index is 0.906. The monoisotopic (exact) mass is 199 g/mol. The lowest BCUT2D eigenvalue weighted by atomic mass is 9.89. The van der Waals surface area contributed by atoms with E-state index in [2.05, 4.69) is 33.0 Å². The van der Waals surface area contributed by atoms with Gasteiger partial charge in [-0.3, -0.25) is 0 Å². The van der Waals surface area contributed by atoms with E-state index < -0.39 is 0 Å². The Morgan fingerprint density at radius 3 is 2.21 bits per heavy atom. The van der Waals surface area contributed by atoms with Crippen LogP contribution >= 0.6 is 0 Å². The standard InChI is InChI=1S/C13H29N/c1-5-12(3)13(4)10-8-7-9-11-14-6-2/h12-14H,5-11H2,1-4H3. The summed E-state index contributed by atoms with van der Waals surface area (Å²) >= 11 is 0. The first-order valence-electron chi connectivity index (χ1n) is 6.43. The lowest BCUT2D eigenvalue weighted by Gasteiger charge is -2.17. The average Bonchev–Trinajstić information content (AvgIpc) is 2.21. The summed E-state index contributed by atoms with van der Waals surface area (Å²) in [5.41, 5.74) is 0. The van der Waals surface area contributed by atoms with Crippen LogP contribution in [0.5, 0.6) is 0 Å². The molecule has 0 aromatic rings. The summed E-state index contributed by atoms with van der Waals surface area (Å²) in [5, 5.41) is 3.37. The molecule has 1 nitrogen and oxygen atoms in total. The van der Waals surface area contributed by atoms with Gasteiger partial charge < -0.3 is 5.32 Å². The molecule has 0 bridgehead atoms. The highest BCUT2D eigenvalue weighted by atomic mass is 14.8. The Bertz CT molecular complexity index is 112. The molecule has 1 N–H and O–H groups in total. The first-order chi connectivity index (χ1) is 6.72. The highest BCUT2D eigenvalue weighted by molar-refractivity contribution is 4.60. The fourth-order valence-corrected chi connectivity index (χ4v) is 1.76. The largest absolute Gasteiger partial charge is 0.317 e. The van der Waals surface area contributed by atoms with E-state index in [0.717, 1.165) is 18.4 Å². The normalized spacial score (nSPS) is 15.4. The molecule has 2 atom stereocenters. The van der Waals surface area contributed by atoms with E-state index in [-0.39, 0.29) is 0 Å². The van der Waals surface area contributed by atoms with Gasteiger partial charge in [-0.2, -0.15) is 0 Å². The Morgan fingerprint density at radius 2 is 1.64 bits per heavy atom. The molecular weight excluding hydrogens is 170 g/mol. The van der Waals surface area contributed by atoms with E-state index in [4.69, 9.17) is 0 Å². The maximum Gasteiger partial charge on any atom is -0.00490 e. The van der Waals surface area contributed by atoms with Crippen molar-refractivity contribution >= 4 is 0 Å². The van der Waals surface area contributed by atoms with Crippen LogP contribution in [0.25, 0.3) is 0 Å². The van der Waals surface area contributed by atoms with Gasteiger partial charge in [0.2, 0.25) is 0 Å². The third kappa shape index (κ3) is 7.37. The first kappa shape index (κ1) is 14.0. The quantitative estimate of drug-likeness (QED) is 0.556. The van der Waals surface area contributed by atoms with E-state index in [9.17, 15) is 0 Å². The third-order valence-corrected chi connectivity index (χ3v) is 3.38. The second-order valence-corrected chi connectivity index (χ2v) is 4.57. The van der Waals surface area contributed by atoms with Gasteiger partial charge in [0, 0.05) is 0 Å². The molecule has 2 unspecified atom stereocenters. The van der Waals surface area contributed by atoms with Crippen LogP contribution in [0.2, 0.25) is 0 Å². The van der Waals surface area contributed by atoms with Crippen LogP contribution in [0.15, 0.2) is 0 Å². The second kappa shape index (κ2) is 9.51. The van der Waals surface area contributed by atoms with Crippen molar-refractivity contribution in [3.05, 3.63) is 0 Å². The molecular formula is C13H29N. The lowest BCUT2D eigenvalue weighted by molar-refractivity contribution is 0.342. The van der Waals surface area contributed by atoms with Crippen LogP contribution in [-0.4, -0.2) is 13.1 Å². The molecule has 0 aliphatic heterocycles. The van der Waals surface area contributed by atoms with Crippen molar-refractivity contribution in [3.63, 3.8) is 0 Å². The van der Waals surface area contributed by atoms with Gasteiger partial charge in [0.15, 0.2) is 0 Å². The van der Waals surface area contributed by atoms with Gasteiger partial charge in [0.05, 0.1) is 0 Å².